The molecule has 0 atom stereocenters. The van der Waals surface area contributed by atoms with Gasteiger partial charge in [0.15, 0.2) is 11.6 Å². The first-order valence-corrected chi connectivity index (χ1v) is 8.81. The molecule has 0 saturated carbocycles. The molecule has 0 aliphatic carbocycles. The summed E-state index contributed by atoms with van der Waals surface area (Å²) in [5.74, 6) is 0.941. The molecule has 1 N–H and O–H groups in total. The predicted octanol–water partition coefficient (Wildman–Crippen LogP) is 2.48. The molecule has 2 aliphatic rings. The van der Waals surface area contributed by atoms with Gasteiger partial charge in [-0.2, -0.15) is 10.1 Å². The summed E-state index contributed by atoms with van der Waals surface area (Å²) in [4.78, 5) is 6.70. The zero-order valence-corrected chi connectivity index (χ0v) is 14.6. The summed E-state index contributed by atoms with van der Waals surface area (Å²) < 4.78 is 11.5. The SMILES string of the molecule is Clc1ccc(CNc2cnnc(N3CCC4(CC3)OCCO4)n2)cc1. The van der Waals surface area contributed by atoms with Crippen LogP contribution in [0.2, 0.25) is 5.02 Å². The summed E-state index contributed by atoms with van der Waals surface area (Å²) in [6.45, 7) is 3.61. The first kappa shape index (κ1) is 16.5. The first-order valence-electron chi connectivity index (χ1n) is 8.43. The minimum Gasteiger partial charge on any atom is -0.365 e. The van der Waals surface area contributed by atoms with E-state index in [1.54, 1.807) is 6.20 Å². The third-order valence-corrected chi connectivity index (χ3v) is 4.81. The Hall–Kier alpha value is -1.96. The lowest BCUT2D eigenvalue weighted by molar-refractivity contribution is -0.169. The summed E-state index contributed by atoms with van der Waals surface area (Å²) in [5, 5.41) is 12.3. The van der Waals surface area contributed by atoms with E-state index < -0.39 is 5.79 Å². The van der Waals surface area contributed by atoms with E-state index in [1.807, 2.05) is 24.3 Å². The molecule has 2 fully saturated rings. The van der Waals surface area contributed by atoms with E-state index in [-0.39, 0.29) is 0 Å². The first-order chi connectivity index (χ1) is 12.2. The number of benzene rings is 1. The number of anilines is 2. The average Bonchev–Trinajstić information content (AvgIpc) is 3.10. The number of rotatable bonds is 4. The Morgan fingerprint density at radius 2 is 1.84 bits per heavy atom. The van der Waals surface area contributed by atoms with Crippen molar-refractivity contribution >= 4 is 23.4 Å². The van der Waals surface area contributed by atoms with Gasteiger partial charge >= 0.3 is 0 Å². The van der Waals surface area contributed by atoms with Crippen molar-refractivity contribution in [1.29, 1.82) is 0 Å². The van der Waals surface area contributed by atoms with Crippen molar-refractivity contribution in [3.05, 3.63) is 41.0 Å². The zero-order valence-electron chi connectivity index (χ0n) is 13.8. The fourth-order valence-corrected chi connectivity index (χ4v) is 3.27. The molecule has 1 spiro atoms. The molecule has 1 aromatic heterocycles. The van der Waals surface area contributed by atoms with Gasteiger partial charge in [0.05, 0.1) is 19.4 Å². The third-order valence-electron chi connectivity index (χ3n) is 4.56. The van der Waals surface area contributed by atoms with Gasteiger partial charge in [0.25, 0.3) is 0 Å². The smallest absolute Gasteiger partial charge is 0.247 e. The lowest BCUT2D eigenvalue weighted by Gasteiger charge is -2.37. The number of aromatic nitrogens is 3. The second-order valence-electron chi connectivity index (χ2n) is 6.22. The second kappa shape index (κ2) is 7.11. The number of halogens is 1. The standard InChI is InChI=1S/C17H20ClN5O2/c18-14-3-1-13(2-4-14)11-19-15-12-20-22-16(21-15)23-7-5-17(6-8-23)24-9-10-25-17/h1-4,12H,5-11H2,(H,19,21,22). The summed E-state index contributed by atoms with van der Waals surface area (Å²) in [7, 11) is 0. The summed E-state index contributed by atoms with van der Waals surface area (Å²) >= 11 is 5.91. The Balaban J connectivity index is 1.37. The summed E-state index contributed by atoms with van der Waals surface area (Å²) in [6.07, 6.45) is 3.27. The molecule has 2 aromatic rings. The molecule has 4 rings (SSSR count). The van der Waals surface area contributed by atoms with Crippen LogP contribution in [0.15, 0.2) is 30.5 Å². The lowest BCUT2D eigenvalue weighted by Crippen LogP contribution is -2.45. The van der Waals surface area contributed by atoms with E-state index >= 15 is 0 Å². The van der Waals surface area contributed by atoms with Gasteiger partial charge in [-0.15, -0.1) is 5.10 Å². The van der Waals surface area contributed by atoms with Crippen molar-refractivity contribution in [1.82, 2.24) is 15.2 Å². The van der Waals surface area contributed by atoms with Crippen LogP contribution in [-0.4, -0.2) is 47.3 Å². The fraction of sp³-hybridized carbons (Fsp3) is 0.471. The highest BCUT2D eigenvalue weighted by Crippen LogP contribution is 2.32. The minimum absolute atomic E-state index is 0.394. The van der Waals surface area contributed by atoms with Gasteiger partial charge in [0.1, 0.15) is 0 Å². The van der Waals surface area contributed by atoms with Crippen LogP contribution in [0.25, 0.3) is 0 Å². The molecule has 8 heteroatoms. The highest BCUT2D eigenvalue weighted by molar-refractivity contribution is 6.30. The Morgan fingerprint density at radius 1 is 1.12 bits per heavy atom. The van der Waals surface area contributed by atoms with Gasteiger partial charge in [-0.1, -0.05) is 23.7 Å². The molecule has 0 amide bonds. The third kappa shape index (κ3) is 3.84. The number of hydrogen-bond acceptors (Lipinski definition) is 7. The van der Waals surface area contributed by atoms with E-state index in [9.17, 15) is 0 Å². The Kier molecular flexibility index (Phi) is 4.70. The number of hydrogen-bond donors (Lipinski definition) is 1. The predicted molar refractivity (Wildman–Crippen MR) is 94.7 cm³/mol. The van der Waals surface area contributed by atoms with E-state index in [0.29, 0.717) is 31.5 Å². The van der Waals surface area contributed by atoms with Crippen LogP contribution in [0, 0.1) is 0 Å². The molecule has 25 heavy (non-hydrogen) atoms. The molecular formula is C17H20ClN5O2. The van der Waals surface area contributed by atoms with Crippen molar-refractivity contribution in [3.8, 4) is 0 Å². The Bertz CT molecular complexity index is 711. The molecule has 0 bridgehead atoms. The molecule has 2 aliphatic heterocycles. The minimum atomic E-state index is -0.394. The van der Waals surface area contributed by atoms with Gasteiger partial charge in [0.2, 0.25) is 5.95 Å². The van der Waals surface area contributed by atoms with Gasteiger partial charge in [-0.05, 0) is 17.7 Å². The van der Waals surface area contributed by atoms with Crippen LogP contribution in [0.3, 0.4) is 0 Å². The van der Waals surface area contributed by atoms with Crippen molar-refractivity contribution in [2.24, 2.45) is 0 Å². The summed E-state index contributed by atoms with van der Waals surface area (Å²) in [6, 6.07) is 7.71. The van der Waals surface area contributed by atoms with Crippen molar-refractivity contribution in [2.75, 3.05) is 36.5 Å². The molecule has 7 nitrogen and oxygen atoms in total. The fourth-order valence-electron chi connectivity index (χ4n) is 3.14. The number of piperidine rings is 1. The van der Waals surface area contributed by atoms with E-state index in [0.717, 1.165) is 36.5 Å². The van der Waals surface area contributed by atoms with Gasteiger partial charge in [-0.3, -0.25) is 0 Å². The highest BCUT2D eigenvalue weighted by atomic mass is 35.5. The van der Waals surface area contributed by atoms with Crippen LogP contribution < -0.4 is 10.2 Å². The van der Waals surface area contributed by atoms with E-state index in [4.69, 9.17) is 21.1 Å². The quantitative estimate of drug-likeness (QED) is 0.896. The lowest BCUT2D eigenvalue weighted by atomic mass is 10.0. The maximum Gasteiger partial charge on any atom is 0.247 e. The van der Waals surface area contributed by atoms with Crippen molar-refractivity contribution in [2.45, 2.75) is 25.2 Å². The van der Waals surface area contributed by atoms with Crippen LogP contribution >= 0.6 is 11.6 Å². The van der Waals surface area contributed by atoms with Crippen LogP contribution in [-0.2, 0) is 16.0 Å². The molecule has 1 aromatic carbocycles. The Labute approximate surface area is 151 Å². The van der Waals surface area contributed by atoms with Crippen LogP contribution in [0.1, 0.15) is 18.4 Å². The van der Waals surface area contributed by atoms with Crippen LogP contribution in [0.5, 0.6) is 0 Å². The maximum absolute atomic E-state index is 5.91. The second-order valence-corrected chi connectivity index (χ2v) is 6.65. The van der Waals surface area contributed by atoms with Gasteiger partial charge in [-0.25, -0.2) is 0 Å². The number of ether oxygens (including phenoxy) is 2. The molecule has 0 radical (unpaired) electrons. The topological polar surface area (TPSA) is 72.4 Å². The van der Waals surface area contributed by atoms with Crippen molar-refractivity contribution < 1.29 is 9.47 Å². The summed E-state index contributed by atoms with van der Waals surface area (Å²) in [5.41, 5.74) is 1.13. The highest BCUT2D eigenvalue weighted by Gasteiger charge is 2.40. The van der Waals surface area contributed by atoms with E-state index in [1.165, 1.54) is 0 Å². The zero-order chi connectivity index (χ0) is 17.1. The molecule has 3 heterocycles. The normalized spacial score (nSPS) is 19.3. The van der Waals surface area contributed by atoms with Gasteiger partial charge in [0, 0.05) is 37.5 Å². The van der Waals surface area contributed by atoms with Crippen LogP contribution in [0.4, 0.5) is 11.8 Å². The average molecular weight is 362 g/mol. The molecular weight excluding hydrogens is 342 g/mol. The molecule has 0 unspecified atom stereocenters. The number of nitrogens with zero attached hydrogens (tertiary/aromatic N) is 4. The number of nitrogens with one attached hydrogen (secondary N) is 1. The molecule has 132 valence electrons. The molecule has 2 saturated heterocycles. The van der Waals surface area contributed by atoms with Crippen molar-refractivity contribution in [3.63, 3.8) is 0 Å². The van der Waals surface area contributed by atoms with E-state index in [2.05, 4.69) is 25.4 Å². The monoisotopic (exact) mass is 361 g/mol. The Morgan fingerprint density at radius 3 is 2.56 bits per heavy atom. The maximum atomic E-state index is 5.91. The largest absolute Gasteiger partial charge is 0.365 e. The van der Waals surface area contributed by atoms with Gasteiger partial charge < -0.3 is 19.7 Å².